The largest absolute Gasteiger partial charge is 0.340 e. The summed E-state index contributed by atoms with van der Waals surface area (Å²) in [5.74, 6) is -0.782. The number of halogens is 2. The molecule has 4 N–H and O–H groups in total. The van der Waals surface area contributed by atoms with Crippen LogP contribution >= 0.6 is 23.4 Å². The van der Waals surface area contributed by atoms with Gasteiger partial charge in [0.1, 0.15) is 5.82 Å². The average Bonchev–Trinajstić information content (AvgIpc) is 3.35. The fourth-order valence-electron chi connectivity index (χ4n) is 3.76. The van der Waals surface area contributed by atoms with Crippen LogP contribution in [0.5, 0.6) is 0 Å². The maximum atomic E-state index is 13.2. The second kappa shape index (κ2) is 8.98. The standard InChI is InChI=1S/C22H20Cl2N6O4/c1-22(2)17-14(11-29(22)21(33)30(24)16-6-4-3-5-15(16)23)18(27-26-17)25-19(31)12-7-9-13(10-8-12)20(32)28-34/h3-10,34H,11H2,1-2H3,(H,28,32)(H2,25,26,27,31). The van der Waals surface area contributed by atoms with Crippen LogP contribution < -0.4 is 15.2 Å². The molecule has 1 aliphatic heterocycles. The fraction of sp³-hybridized carbons (Fsp3) is 0.182. The van der Waals surface area contributed by atoms with Gasteiger partial charge in [0.05, 0.1) is 28.5 Å². The Labute approximate surface area is 204 Å². The molecule has 0 bridgehead atoms. The van der Waals surface area contributed by atoms with Gasteiger partial charge in [0, 0.05) is 28.5 Å². The number of benzene rings is 2. The van der Waals surface area contributed by atoms with Crippen LogP contribution in [0.3, 0.4) is 0 Å². The zero-order chi connectivity index (χ0) is 24.6. The highest BCUT2D eigenvalue weighted by Crippen LogP contribution is 2.42. The SMILES string of the molecule is CC1(C)c2n[nH]c(NC(=O)c3ccc(C(=O)NO)cc3)c2CN1C(=O)N(Cl)c1ccccc1Cl. The van der Waals surface area contributed by atoms with Crippen molar-refractivity contribution in [2.75, 3.05) is 9.74 Å². The lowest BCUT2D eigenvalue weighted by atomic mass is 10.0. The van der Waals surface area contributed by atoms with E-state index in [4.69, 9.17) is 28.6 Å². The third kappa shape index (κ3) is 4.07. The number of fused-ring (bicyclic) bond motifs is 1. The first-order chi connectivity index (χ1) is 16.1. The van der Waals surface area contributed by atoms with Gasteiger partial charge in [-0.1, -0.05) is 23.7 Å². The highest BCUT2D eigenvalue weighted by atomic mass is 35.5. The molecule has 2 heterocycles. The first-order valence-corrected chi connectivity index (χ1v) is 10.8. The normalized spacial score (nSPS) is 13.9. The molecule has 3 aromatic rings. The summed E-state index contributed by atoms with van der Waals surface area (Å²) in [5, 5.41) is 18.9. The van der Waals surface area contributed by atoms with Gasteiger partial charge < -0.3 is 10.2 Å². The molecule has 12 heteroatoms. The highest BCUT2D eigenvalue weighted by Gasteiger charge is 2.46. The van der Waals surface area contributed by atoms with Gasteiger partial charge in [-0.25, -0.2) is 14.7 Å². The van der Waals surface area contributed by atoms with Crippen LogP contribution in [0.1, 0.15) is 45.8 Å². The number of aromatic amines is 1. The van der Waals surface area contributed by atoms with Crippen molar-refractivity contribution < 1.29 is 19.6 Å². The quantitative estimate of drug-likeness (QED) is 0.240. The summed E-state index contributed by atoms with van der Waals surface area (Å²) in [4.78, 5) is 39.0. The second-order valence-electron chi connectivity index (χ2n) is 8.06. The molecule has 1 aromatic heterocycles. The van der Waals surface area contributed by atoms with E-state index >= 15 is 0 Å². The van der Waals surface area contributed by atoms with E-state index in [2.05, 4.69) is 15.5 Å². The molecular formula is C22H20Cl2N6O4. The number of hydrogen-bond donors (Lipinski definition) is 4. The Kier molecular flexibility index (Phi) is 6.22. The number of amides is 4. The monoisotopic (exact) mass is 502 g/mol. The predicted octanol–water partition coefficient (Wildman–Crippen LogP) is 4.27. The molecule has 0 unspecified atom stereocenters. The molecule has 0 atom stereocenters. The molecule has 0 radical (unpaired) electrons. The van der Waals surface area contributed by atoms with Crippen LogP contribution in [-0.4, -0.2) is 38.2 Å². The smallest absolute Gasteiger partial charge is 0.308 e. The number of rotatable bonds is 4. The maximum absolute atomic E-state index is 13.2. The van der Waals surface area contributed by atoms with Crippen LogP contribution in [0.4, 0.5) is 16.3 Å². The van der Waals surface area contributed by atoms with Gasteiger partial charge in [-0.05, 0) is 50.2 Å². The van der Waals surface area contributed by atoms with E-state index in [1.54, 1.807) is 24.3 Å². The molecule has 0 spiro atoms. The Balaban J connectivity index is 1.54. The Morgan fingerprint density at radius 1 is 1.09 bits per heavy atom. The molecule has 10 nitrogen and oxygen atoms in total. The number of hydrogen-bond acceptors (Lipinski definition) is 5. The third-order valence-corrected chi connectivity index (χ3v) is 6.30. The topological polar surface area (TPSA) is 131 Å². The van der Waals surface area contributed by atoms with Crippen molar-refractivity contribution in [1.82, 2.24) is 20.6 Å². The number of carbonyl (C=O) groups is 3. The van der Waals surface area contributed by atoms with Gasteiger partial charge in [-0.15, -0.1) is 0 Å². The molecule has 0 fully saturated rings. The van der Waals surface area contributed by atoms with Gasteiger partial charge in [-0.3, -0.25) is 19.9 Å². The van der Waals surface area contributed by atoms with Gasteiger partial charge in [-0.2, -0.15) is 5.10 Å². The summed E-state index contributed by atoms with van der Waals surface area (Å²) in [5.41, 5.74) is 2.78. The van der Waals surface area contributed by atoms with Crippen LogP contribution in [0.2, 0.25) is 5.02 Å². The lowest BCUT2D eigenvalue weighted by Gasteiger charge is -2.33. The summed E-state index contributed by atoms with van der Waals surface area (Å²) in [7, 11) is 0. The van der Waals surface area contributed by atoms with Crippen molar-refractivity contribution >= 4 is 52.7 Å². The minimum absolute atomic E-state index is 0.149. The number of carbonyl (C=O) groups excluding carboxylic acids is 3. The number of hydroxylamine groups is 1. The van der Waals surface area contributed by atoms with Gasteiger partial charge in [0.2, 0.25) is 0 Å². The van der Waals surface area contributed by atoms with E-state index in [0.717, 1.165) is 4.42 Å². The number of nitrogens with zero attached hydrogens (tertiary/aromatic N) is 3. The van der Waals surface area contributed by atoms with E-state index < -0.39 is 23.4 Å². The zero-order valence-electron chi connectivity index (χ0n) is 18.1. The van der Waals surface area contributed by atoms with E-state index in [1.165, 1.54) is 34.6 Å². The molecule has 0 aliphatic carbocycles. The Bertz CT molecular complexity index is 1270. The molecular weight excluding hydrogens is 483 g/mol. The molecule has 176 valence electrons. The minimum Gasteiger partial charge on any atom is -0.308 e. The second-order valence-corrected chi connectivity index (χ2v) is 8.80. The number of aromatic nitrogens is 2. The number of H-pyrrole nitrogens is 1. The van der Waals surface area contributed by atoms with Crippen molar-refractivity contribution in [2.24, 2.45) is 0 Å². The number of urea groups is 1. The molecule has 0 saturated heterocycles. The van der Waals surface area contributed by atoms with Crippen LogP contribution in [0, 0.1) is 0 Å². The molecule has 34 heavy (non-hydrogen) atoms. The lowest BCUT2D eigenvalue weighted by molar-refractivity contribution is 0.0706. The van der Waals surface area contributed by atoms with Crippen molar-refractivity contribution in [3.63, 3.8) is 0 Å². The predicted molar refractivity (Wildman–Crippen MR) is 126 cm³/mol. The third-order valence-electron chi connectivity index (χ3n) is 5.65. The van der Waals surface area contributed by atoms with Crippen LogP contribution in [0.25, 0.3) is 0 Å². The van der Waals surface area contributed by atoms with Gasteiger partial charge >= 0.3 is 6.03 Å². The van der Waals surface area contributed by atoms with Gasteiger partial charge in [0.25, 0.3) is 11.8 Å². The summed E-state index contributed by atoms with van der Waals surface area (Å²) < 4.78 is 0.960. The first kappa shape index (κ1) is 23.6. The maximum Gasteiger partial charge on any atom is 0.340 e. The Morgan fingerprint density at radius 3 is 2.32 bits per heavy atom. The molecule has 2 aromatic carbocycles. The molecule has 1 aliphatic rings. The van der Waals surface area contributed by atoms with Crippen molar-refractivity contribution in [2.45, 2.75) is 25.9 Å². The fourth-order valence-corrected chi connectivity index (χ4v) is 4.26. The van der Waals surface area contributed by atoms with Gasteiger partial charge in [0.15, 0.2) is 0 Å². The number of anilines is 2. The first-order valence-electron chi connectivity index (χ1n) is 10.1. The summed E-state index contributed by atoms with van der Waals surface area (Å²) >= 11 is 12.5. The van der Waals surface area contributed by atoms with Crippen LogP contribution in [-0.2, 0) is 12.1 Å². The molecule has 4 amide bonds. The minimum atomic E-state index is -0.820. The zero-order valence-corrected chi connectivity index (χ0v) is 19.6. The lowest BCUT2D eigenvalue weighted by Crippen LogP contribution is -2.45. The van der Waals surface area contributed by atoms with E-state index in [1.807, 2.05) is 13.8 Å². The van der Waals surface area contributed by atoms with Crippen LogP contribution in [0.15, 0.2) is 48.5 Å². The van der Waals surface area contributed by atoms with E-state index in [0.29, 0.717) is 27.8 Å². The van der Waals surface area contributed by atoms with E-state index in [9.17, 15) is 14.4 Å². The Hall–Kier alpha value is -3.60. The molecule has 4 rings (SSSR count). The number of para-hydroxylation sites is 1. The summed E-state index contributed by atoms with van der Waals surface area (Å²) in [6.45, 7) is 3.80. The van der Waals surface area contributed by atoms with Crippen molar-refractivity contribution in [3.8, 4) is 0 Å². The average molecular weight is 503 g/mol. The Morgan fingerprint density at radius 2 is 1.71 bits per heavy atom. The van der Waals surface area contributed by atoms with Crippen molar-refractivity contribution in [1.29, 1.82) is 0 Å². The number of nitrogens with one attached hydrogen (secondary N) is 3. The molecule has 0 saturated carbocycles. The highest BCUT2D eigenvalue weighted by molar-refractivity contribution is 6.41. The summed E-state index contributed by atoms with van der Waals surface area (Å²) in [6, 6.07) is 12.0. The summed E-state index contributed by atoms with van der Waals surface area (Å²) in [6.07, 6.45) is 0. The van der Waals surface area contributed by atoms with Crippen molar-refractivity contribution in [3.05, 3.63) is 75.9 Å². The van der Waals surface area contributed by atoms with E-state index in [-0.39, 0.29) is 17.7 Å².